The highest BCUT2D eigenvalue weighted by Gasteiger charge is 2.45. The maximum Gasteiger partial charge on any atom is 0.295 e. The van der Waals surface area contributed by atoms with Crippen molar-refractivity contribution in [3.8, 4) is 0 Å². The lowest BCUT2D eigenvalue weighted by molar-refractivity contribution is -0.385. The van der Waals surface area contributed by atoms with Crippen molar-refractivity contribution in [3.63, 3.8) is 0 Å². The van der Waals surface area contributed by atoms with Crippen LogP contribution in [0.4, 0.5) is 11.4 Å². The summed E-state index contributed by atoms with van der Waals surface area (Å²) in [7, 11) is -9.62. The van der Waals surface area contributed by atoms with Crippen LogP contribution >= 0.6 is 12.2 Å². The molecule has 0 aliphatic carbocycles. The second-order valence-corrected chi connectivity index (χ2v) is 13.8. The molecule has 1 saturated heterocycles. The minimum absolute atomic E-state index is 0.0367. The minimum atomic E-state index is -4.85. The molecule has 0 atom stereocenters. The lowest BCUT2D eigenvalue weighted by atomic mass is 9.79. The molecule has 0 spiro atoms. The summed E-state index contributed by atoms with van der Waals surface area (Å²) in [6.45, 7) is 7.61. The summed E-state index contributed by atoms with van der Waals surface area (Å²) in [6.07, 6.45) is 3.45. The van der Waals surface area contributed by atoms with Gasteiger partial charge < -0.3 is 15.8 Å². The van der Waals surface area contributed by atoms with Gasteiger partial charge in [0.1, 0.15) is 9.79 Å². The maximum atomic E-state index is 12.1. The van der Waals surface area contributed by atoms with Gasteiger partial charge in [0, 0.05) is 34.9 Å². The summed E-state index contributed by atoms with van der Waals surface area (Å²) in [5.74, 6) is 0. The number of anilines is 1. The van der Waals surface area contributed by atoms with Crippen LogP contribution in [-0.4, -0.2) is 63.4 Å². The zero-order valence-corrected chi connectivity index (χ0v) is 24.5. The molecule has 0 saturated carbocycles. The molecule has 16 heteroatoms. The summed E-state index contributed by atoms with van der Waals surface area (Å²) >= 11 is 5.41. The van der Waals surface area contributed by atoms with E-state index in [9.17, 15) is 41.3 Å². The molecular formula is C24H30N4O9S3. The summed E-state index contributed by atoms with van der Waals surface area (Å²) < 4.78 is 67.2. The van der Waals surface area contributed by atoms with Gasteiger partial charge in [0.05, 0.1) is 4.92 Å². The lowest BCUT2D eigenvalue weighted by Gasteiger charge is -2.51. The molecule has 218 valence electrons. The Labute approximate surface area is 237 Å². The number of nitrogens with one attached hydrogen (secondary N) is 2. The van der Waals surface area contributed by atoms with Gasteiger partial charge in [-0.15, -0.1) is 0 Å². The van der Waals surface area contributed by atoms with Crippen LogP contribution in [0.25, 0.3) is 12.2 Å². The molecule has 1 aliphatic heterocycles. The van der Waals surface area contributed by atoms with E-state index >= 15 is 0 Å². The normalized spacial score (nSPS) is 18.0. The Balaban J connectivity index is 1.87. The molecule has 2 aromatic carbocycles. The number of nitrogens with zero attached hydrogens (tertiary/aromatic N) is 2. The third-order valence-corrected chi connectivity index (χ3v) is 8.49. The van der Waals surface area contributed by atoms with E-state index in [4.69, 9.17) is 12.2 Å². The Hall–Kier alpha value is -2.99. The second kappa shape index (κ2) is 11.1. The van der Waals surface area contributed by atoms with Crippen molar-refractivity contribution in [1.82, 2.24) is 10.4 Å². The highest BCUT2D eigenvalue weighted by Crippen LogP contribution is 2.36. The molecule has 40 heavy (non-hydrogen) atoms. The Morgan fingerprint density at radius 2 is 1.45 bits per heavy atom. The number of hydroxylamine groups is 2. The third kappa shape index (κ3) is 7.39. The van der Waals surface area contributed by atoms with Crippen LogP contribution in [0.5, 0.6) is 0 Å². The summed E-state index contributed by atoms with van der Waals surface area (Å²) in [6, 6.07) is 6.61. The van der Waals surface area contributed by atoms with Crippen LogP contribution in [0, 0.1) is 10.1 Å². The Kier molecular flexibility index (Phi) is 8.76. The first-order valence-corrected chi connectivity index (χ1v) is 15.1. The molecule has 1 fully saturated rings. The van der Waals surface area contributed by atoms with Crippen molar-refractivity contribution in [2.24, 2.45) is 0 Å². The zero-order valence-electron chi connectivity index (χ0n) is 22.0. The van der Waals surface area contributed by atoms with Gasteiger partial charge in [-0.3, -0.25) is 19.2 Å². The number of non-ortho nitro benzene ring substituents is 1. The average Bonchev–Trinajstić information content (AvgIpc) is 2.79. The fraction of sp³-hybridized carbons (Fsp3) is 0.375. The van der Waals surface area contributed by atoms with E-state index in [0.29, 0.717) is 18.9 Å². The van der Waals surface area contributed by atoms with Gasteiger partial charge in [0.15, 0.2) is 5.11 Å². The van der Waals surface area contributed by atoms with E-state index in [1.54, 1.807) is 0 Å². The highest BCUT2D eigenvalue weighted by molar-refractivity contribution is 7.86. The van der Waals surface area contributed by atoms with Gasteiger partial charge in [-0.05, 0) is 82.1 Å². The van der Waals surface area contributed by atoms with Crippen molar-refractivity contribution >= 4 is 61.1 Å². The van der Waals surface area contributed by atoms with E-state index in [-0.39, 0.29) is 28.0 Å². The van der Waals surface area contributed by atoms with Gasteiger partial charge in [-0.1, -0.05) is 18.2 Å². The molecule has 1 heterocycles. The van der Waals surface area contributed by atoms with Crippen molar-refractivity contribution in [2.45, 2.75) is 67.4 Å². The van der Waals surface area contributed by atoms with Crippen LogP contribution in [-0.2, 0) is 20.2 Å². The van der Waals surface area contributed by atoms with Gasteiger partial charge in [0.2, 0.25) is 0 Å². The van der Waals surface area contributed by atoms with Crippen LogP contribution in [0.3, 0.4) is 0 Å². The molecule has 0 radical (unpaired) electrons. The molecule has 0 aromatic heterocycles. The van der Waals surface area contributed by atoms with E-state index in [1.807, 2.05) is 27.7 Å². The minimum Gasteiger partial charge on any atom is -0.360 e. The zero-order chi connectivity index (χ0) is 30.3. The monoisotopic (exact) mass is 614 g/mol. The standard InChI is InChI=1S/C24H30N4O9S3/c1-23(2)13-18(14-24(3,4)28(23)31)26-22(38)25-17-9-7-15(20(11-17)39(32,33)34)5-6-16-8-10-19(27(29)30)12-21(16)40(35,36)37/h5-12,18,31H,13-14H2,1-4H3,(H2,25,26,38)(H,32,33,34)(H,35,36,37)/b6-5+. The lowest BCUT2D eigenvalue weighted by Crippen LogP contribution is -2.63. The van der Waals surface area contributed by atoms with Crippen molar-refractivity contribution < 1.29 is 36.1 Å². The molecule has 0 bridgehead atoms. The number of nitro groups is 1. The molecule has 1 aliphatic rings. The number of hydrogen-bond acceptors (Lipinski definition) is 9. The smallest absolute Gasteiger partial charge is 0.295 e. The number of thiocarbonyl (C=S) groups is 1. The Morgan fingerprint density at radius 3 is 1.93 bits per heavy atom. The largest absolute Gasteiger partial charge is 0.360 e. The molecule has 0 amide bonds. The predicted molar refractivity (Wildman–Crippen MR) is 152 cm³/mol. The Morgan fingerprint density at radius 1 is 0.975 bits per heavy atom. The fourth-order valence-corrected chi connectivity index (χ4v) is 6.57. The Bertz CT molecular complexity index is 1570. The van der Waals surface area contributed by atoms with Crippen LogP contribution in [0.15, 0.2) is 46.2 Å². The first kappa shape index (κ1) is 31.5. The number of rotatable bonds is 7. The predicted octanol–water partition coefficient (Wildman–Crippen LogP) is 3.96. The van der Waals surface area contributed by atoms with Crippen molar-refractivity contribution in [2.75, 3.05) is 5.32 Å². The topological polar surface area (TPSA) is 199 Å². The molecule has 5 N–H and O–H groups in total. The fourth-order valence-electron chi connectivity index (χ4n) is 4.88. The highest BCUT2D eigenvalue weighted by atomic mass is 32.2. The summed E-state index contributed by atoms with van der Waals surface area (Å²) in [5, 5.41) is 29.1. The van der Waals surface area contributed by atoms with E-state index in [1.165, 1.54) is 23.3 Å². The SMILES string of the molecule is CC1(C)CC(NC(=S)Nc2ccc(/C=C/c3ccc([N+](=O)[O-])cc3S(=O)(=O)O)c(S(=O)(=O)O)c2)CC(C)(C)N1O. The number of nitro benzene ring substituents is 1. The number of benzene rings is 2. The molecule has 2 aromatic rings. The second-order valence-electron chi connectivity index (χ2n) is 10.7. The van der Waals surface area contributed by atoms with Gasteiger partial charge in [0.25, 0.3) is 25.9 Å². The summed E-state index contributed by atoms with van der Waals surface area (Å²) in [5.41, 5.74) is -1.58. The van der Waals surface area contributed by atoms with Crippen LogP contribution < -0.4 is 10.6 Å². The van der Waals surface area contributed by atoms with Crippen molar-refractivity contribution in [3.05, 3.63) is 57.6 Å². The van der Waals surface area contributed by atoms with Gasteiger partial charge in [-0.2, -0.15) is 21.9 Å². The first-order chi connectivity index (χ1) is 18.2. The quantitative estimate of drug-likeness (QED) is 0.0988. The maximum absolute atomic E-state index is 12.1. The van der Waals surface area contributed by atoms with E-state index in [2.05, 4.69) is 10.6 Å². The van der Waals surface area contributed by atoms with E-state index in [0.717, 1.165) is 24.3 Å². The van der Waals surface area contributed by atoms with Gasteiger partial charge >= 0.3 is 0 Å². The molecular weight excluding hydrogens is 584 g/mol. The first-order valence-electron chi connectivity index (χ1n) is 11.8. The van der Waals surface area contributed by atoms with Crippen LogP contribution in [0.2, 0.25) is 0 Å². The average molecular weight is 615 g/mol. The van der Waals surface area contributed by atoms with Crippen molar-refractivity contribution in [1.29, 1.82) is 0 Å². The van der Waals surface area contributed by atoms with E-state index < -0.39 is 51.7 Å². The molecule has 3 rings (SSSR count). The van der Waals surface area contributed by atoms with Gasteiger partial charge in [-0.25, -0.2) is 0 Å². The number of hydrogen-bond donors (Lipinski definition) is 5. The molecule has 0 unspecified atom stereocenters. The van der Waals surface area contributed by atoms with Crippen LogP contribution in [0.1, 0.15) is 51.7 Å². The summed E-state index contributed by atoms with van der Waals surface area (Å²) in [4.78, 5) is 8.89. The third-order valence-electron chi connectivity index (χ3n) is 6.45. The number of piperidine rings is 1. The molecule has 13 nitrogen and oxygen atoms in total.